The van der Waals surface area contributed by atoms with E-state index in [1.54, 1.807) is 0 Å². The molecule has 106 valence electrons. The molecule has 1 aliphatic rings. The van der Waals surface area contributed by atoms with E-state index in [1.165, 1.54) is 37.9 Å². The Bertz CT molecular complexity index is 369. The SMILES string of the molecule is CC(C)Oc1ccc(C(CN)N2CCCCC2)cc1. The molecule has 0 aromatic heterocycles. The Balaban J connectivity index is 2.05. The van der Waals surface area contributed by atoms with E-state index in [2.05, 4.69) is 29.2 Å². The summed E-state index contributed by atoms with van der Waals surface area (Å²) in [5, 5.41) is 0. The third-order valence-electron chi connectivity index (χ3n) is 3.69. The van der Waals surface area contributed by atoms with Crippen LogP contribution in [-0.2, 0) is 0 Å². The van der Waals surface area contributed by atoms with Crippen LogP contribution in [0.4, 0.5) is 0 Å². The molecule has 1 fully saturated rings. The molecule has 1 aromatic carbocycles. The number of hydrogen-bond donors (Lipinski definition) is 1. The van der Waals surface area contributed by atoms with Crippen molar-refractivity contribution < 1.29 is 4.74 Å². The normalized spacial score (nSPS) is 18.5. The zero-order valence-corrected chi connectivity index (χ0v) is 12.1. The first-order valence-electron chi connectivity index (χ1n) is 7.41. The van der Waals surface area contributed by atoms with Crippen molar-refractivity contribution in [1.82, 2.24) is 4.90 Å². The maximum Gasteiger partial charge on any atom is 0.119 e. The zero-order valence-electron chi connectivity index (χ0n) is 12.1. The van der Waals surface area contributed by atoms with E-state index in [0.29, 0.717) is 12.6 Å². The lowest BCUT2D eigenvalue weighted by Crippen LogP contribution is -2.37. The summed E-state index contributed by atoms with van der Waals surface area (Å²) in [6.07, 6.45) is 4.17. The van der Waals surface area contributed by atoms with Gasteiger partial charge in [0.2, 0.25) is 0 Å². The molecule has 0 aliphatic carbocycles. The summed E-state index contributed by atoms with van der Waals surface area (Å²) in [6.45, 7) is 7.12. The lowest BCUT2D eigenvalue weighted by Gasteiger charge is -2.34. The molecular weight excluding hydrogens is 236 g/mol. The van der Waals surface area contributed by atoms with Crippen molar-refractivity contribution in [3.8, 4) is 5.75 Å². The number of hydrogen-bond acceptors (Lipinski definition) is 3. The van der Waals surface area contributed by atoms with Crippen LogP contribution < -0.4 is 10.5 Å². The van der Waals surface area contributed by atoms with Crippen LogP contribution in [0.5, 0.6) is 5.75 Å². The van der Waals surface area contributed by atoms with Crippen LogP contribution in [0.3, 0.4) is 0 Å². The van der Waals surface area contributed by atoms with Gasteiger partial charge in [-0.2, -0.15) is 0 Å². The van der Waals surface area contributed by atoms with Crippen LogP contribution in [0.25, 0.3) is 0 Å². The van der Waals surface area contributed by atoms with Crippen molar-refractivity contribution in [3.05, 3.63) is 29.8 Å². The minimum atomic E-state index is 0.221. The number of benzene rings is 1. The number of piperidine rings is 1. The van der Waals surface area contributed by atoms with Gasteiger partial charge in [0, 0.05) is 12.6 Å². The Morgan fingerprint density at radius 1 is 1.11 bits per heavy atom. The van der Waals surface area contributed by atoms with Crippen molar-refractivity contribution in [2.75, 3.05) is 19.6 Å². The molecule has 19 heavy (non-hydrogen) atoms. The Kier molecular flexibility index (Phi) is 5.23. The van der Waals surface area contributed by atoms with Gasteiger partial charge < -0.3 is 10.5 Å². The maximum absolute atomic E-state index is 5.98. The van der Waals surface area contributed by atoms with E-state index in [-0.39, 0.29) is 6.10 Å². The summed E-state index contributed by atoms with van der Waals surface area (Å²) in [7, 11) is 0. The minimum Gasteiger partial charge on any atom is -0.491 e. The van der Waals surface area contributed by atoms with Crippen LogP contribution in [0.1, 0.15) is 44.7 Å². The third kappa shape index (κ3) is 3.95. The molecule has 0 saturated carbocycles. The highest BCUT2D eigenvalue weighted by molar-refractivity contribution is 5.29. The Labute approximate surface area is 116 Å². The topological polar surface area (TPSA) is 38.5 Å². The highest BCUT2D eigenvalue weighted by Crippen LogP contribution is 2.25. The average molecular weight is 262 g/mol. The summed E-state index contributed by atoms with van der Waals surface area (Å²) in [4.78, 5) is 2.52. The summed E-state index contributed by atoms with van der Waals surface area (Å²) >= 11 is 0. The molecule has 1 saturated heterocycles. The Morgan fingerprint density at radius 2 is 1.74 bits per heavy atom. The molecule has 3 nitrogen and oxygen atoms in total. The number of nitrogens with two attached hydrogens (primary N) is 1. The van der Waals surface area contributed by atoms with Crippen LogP contribution in [0, 0.1) is 0 Å². The number of ether oxygens (including phenoxy) is 1. The Hall–Kier alpha value is -1.06. The van der Waals surface area contributed by atoms with Gasteiger partial charge in [0.15, 0.2) is 0 Å². The molecule has 0 bridgehead atoms. The molecule has 0 amide bonds. The van der Waals surface area contributed by atoms with Gasteiger partial charge in [0.05, 0.1) is 6.10 Å². The maximum atomic E-state index is 5.98. The quantitative estimate of drug-likeness (QED) is 0.886. The van der Waals surface area contributed by atoms with Gasteiger partial charge in [-0.15, -0.1) is 0 Å². The summed E-state index contributed by atoms with van der Waals surface area (Å²) < 4.78 is 5.68. The number of rotatable bonds is 5. The van der Waals surface area contributed by atoms with Gasteiger partial charge in [-0.1, -0.05) is 18.6 Å². The van der Waals surface area contributed by atoms with Gasteiger partial charge in [0.1, 0.15) is 5.75 Å². The lowest BCUT2D eigenvalue weighted by atomic mass is 10.0. The highest BCUT2D eigenvalue weighted by atomic mass is 16.5. The molecular formula is C16H26N2O. The van der Waals surface area contributed by atoms with Crippen LogP contribution in [-0.4, -0.2) is 30.6 Å². The third-order valence-corrected chi connectivity index (χ3v) is 3.69. The number of nitrogens with zero attached hydrogens (tertiary/aromatic N) is 1. The molecule has 1 heterocycles. The first kappa shape index (κ1) is 14.4. The Morgan fingerprint density at radius 3 is 2.26 bits per heavy atom. The largest absolute Gasteiger partial charge is 0.491 e. The van der Waals surface area contributed by atoms with E-state index in [9.17, 15) is 0 Å². The molecule has 3 heteroatoms. The molecule has 1 unspecified atom stereocenters. The fourth-order valence-corrected chi connectivity index (χ4v) is 2.77. The van der Waals surface area contributed by atoms with Crippen molar-refractivity contribution in [2.24, 2.45) is 5.73 Å². The van der Waals surface area contributed by atoms with Gasteiger partial charge in [0.25, 0.3) is 0 Å². The average Bonchev–Trinajstić information content (AvgIpc) is 2.42. The van der Waals surface area contributed by atoms with Gasteiger partial charge in [-0.3, -0.25) is 4.90 Å². The van der Waals surface area contributed by atoms with Crippen molar-refractivity contribution in [2.45, 2.75) is 45.3 Å². The van der Waals surface area contributed by atoms with Gasteiger partial charge in [-0.05, 0) is 57.5 Å². The van der Waals surface area contributed by atoms with Crippen LogP contribution in [0.2, 0.25) is 0 Å². The lowest BCUT2D eigenvalue weighted by molar-refractivity contribution is 0.167. The first-order chi connectivity index (χ1) is 9.20. The first-order valence-corrected chi connectivity index (χ1v) is 7.41. The van der Waals surface area contributed by atoms with Crippen LogP contribution in [0.15, 0.2) is 24.3 Å². The van der Waals surface area contributed by atoms with E-state index in [1.807, 2.05) is 13.8 Å². The van der Waals surface area contributed by atoms with Gasteiger partial charge >= 0.3 is 0 Å². The molecule has 0 spiro atoms. The molecule has 1 aromatic rings. The smallest absolute Gasteiger partial charge is 0.119 e. The van der Waals surface area contributed by atoms with E-state index in [0.717, 1.165) is 5.75 Å². The summed E-state index contributed by atoms with van der Waals surface area (Å²) in [5.74, 6) is 0.938. The van der Waals surface area contributed by atoms with Crippen LogP contribution >= 0.6 is 0 Å². The van der Waals surface area contributed by atoms with Crippen molar-refractivity contribution in [1.29, 1.82) is 0 Å². The standard InChI is InChI=1S/C16H26N2O/c1-13(2)19-15-8-6-14(7-9-15)16(12-17)18-10-4-3-5-11-18/h6-9,13,16H,3-5,10-12,17H2,1-2H3. The van der Waals surface area contributed by atoms with Crippen molar-refractivity contribution in [3.63, 3.8) is 0 Å². The fourth-order valence-electron chi connectivity index (χ4n) is 2.77. The second-order valence-electron chi connectivity index (χ2n) is 5.58. The predicted molar refractivity (Wildman–Crippen MR) is 79.4 cm³/mol. The minimum absolute atomic E-state index is 0.221. The molecule has 1 aliphatic heterocycles. The molecule has 2 N–H and O–H groups in total. The van der Waals surface area contributed by atoms with Crippen molar-refractivity contribution >= 4 is 0 Å². The monoisotopic (exact) mass is 262 g/mol. The number of likely N-dealkylation sites (tertiary alicyclic amines) is 1. The van der Waals surface area contributed by atoms with E-state index in [4.69, 9.17) is 10.5 Å². The van der Waals surface area contributed by atoms with E-state index < -0.39 is 0 Å². The zero-order chi connectivity index (χ0) is 13.7. The molecule has 2 rings (SSSR count). The predicted octanol–water partition coefficient (Wildman–Crippen LogP) is 2.96. The summed E-state index contributed by atoms with van der Waals surface area (Å²) in [6, 6.07) is 8.78. The molecule has 1 atom stereocenters. The molecule has 0 radical (unpaired) electrons. The fraction of sp³-hybridized carbons (Fsp3) is 0.625. The second kappa shape index (κ2) is 6.92. The van der Waals surface area contributed by atoms with Gasteiger partial charge in [-0.25, -0.2) is 0 Å². The second-order valence-corrected chi connectivity index (χ2v) is 5.58. The summed E-state index contributed by atoms with van der Waals surface area (Å²) in [5.41, 5.74) is 7.29. The van der Waals surface area contributed by atoms with E-state index >= 15 is 0 Å². The highest BCUT2D eigenvalue weighted by Gasteiger charge is 2.20.